The number of carbonyl (C=O) groups excluding carboxylic acids is 3. The van der Waals surface area contributed by atoms with Gasteiger partial charge < -0.3 is 14.2 Å². The van der Waals surface area contributed by atoms with Crippen molar-refractivity contribution < 1.29 is 28.6 Å². The number of ether oxygens (including phenoxy) is 3. The molecule has 1 atom stereocenters. The molecule has 0 spiro atoms. The van der Waals surface area contributed by atoms with Crippen molar-refractivity contribution in [2.75, 3.05) is 13.2 Å². The van der Waals surface area contributed by atoms with Gasteiger partial charge >= 0.3 is 17.9 Å². The first-order valence-electron chi connectivity index (χ1n) is 29.5. The third kappa shape index (κ3) is 54.4. The molecule has 0 saturated heterocycles. The molecule has 0 heterocycles. The highest BCUT2D eigenvalue weighted by Gasteiger charge is 2.19. The number of hydrogen-bond donors (Lipinski definition) is 0. The second-order valence-corrected chi connectivity index (χ2v) is 19.9. The molecule has 67 heavy (non-hydrogen) atoms. The van der Waals surface area contributed by atoms with Crippen LogP contribution in [0.15, 0.2) is 36.5 Å². The van der Waals surface area contributed by atoms with E-state index in [0.29, 0.717) is 19.3 Å². The van der Waals surface area contributed by atoms with Gasteiger partial charge in [-0.05, 0) is 77.0 Å². The molecule has 0 bridgehead atoms. The second kappa shape index (κ2) is 56.2. The fourth-order valence-electron chi connectivity index (χ4n) is 8.65. The first kappa shape index (κ1) is 64.6. The van der Waals surface area contributed by atoms with Crippen molar-refractivity contribution in [1.29, 1.82) is 0 Å². The summed E-state index contributed by atoms with van der Waals surface area (Å²) in [7, 11) is 0. The van der Waals surface area contributed by atoms with Crippen molar-refractivity contribution in [3.05, 3.63) is 36.5 Å². The van der Waals surface area contributed by atoms with Crippen molar-refractivity contribution in [2.24, 2.45) is 0 Å². The summed E-state index contributed by atoms with van der Waals surface area (Å²) in [6.45, 7) is 6.63. The summed E-state index contributed by atoms with van der Waals surface area (Å²) in [6, 6.07) is 0. The molecule has 0 aliphatic carbocycles. The quantitative estimate of drug-likeness (QED) is 0.0262. The summed E-state index contributed by atoms with van der Waals surface area (Å²) in [5.41, 5.74) is 0. The van der Waals surface area contributed by atoms with Gasteiger partial charge in [-0.1, -0.05) is 256 Å². The minimum Gasteiger partial charge on any atom is -0.462 e. The zero-order valence-electron chi connectivity index (χ0n) is 44.9. The average Bonchev–Trinajstić information content (AvgIpc) is 3.33. The van der Waals surface area contributed by atoms with Crippen LogP contribution >= 0.6 is 0 Å². The van der Waals surface area contributed by atoms with E-state index < -0.39 is 6.10 Å². The summed E-state index contributed by atoms with van der Waals surface area (Å²) in [5, 5.41) is 0. The molecular weight excluding hydrogens is 829 g/mol. The summed E-state index contributed by atoms with van der Waals surface area (Å²) < 4.78 is 16.9. The summed E-state index contributed by atoms with van der Waals surface area (Å²) in [4.78, 5) is 38.2. The Kier molecular flexibility index (Phi) is 54.2. The Morgan fingerprint density at radius 2 is 0.537 bits per heavy atom. The van der Waals surface area contributed by atoms with E-state index in [1.54, 1.807) is 0 Å². The van der Waals surface area contributed by atoms with E-state index in [9.17, 15) is 14.4 Å². The highest BCUT2D eigenvalue weighted by atomic mass is 16.6. The monoisotopic (exact) mass is 941 g/mol. The van der Waals surface area contributed by atoms with Gasteiger partial charge in [-0.25, -0.2) is 0 Å². The lowest BCUT2D eigenvalue weighted by molar-refractivity contribution is -0.167. The van der Waals surface area contributed by atoms with Crippen molar-refractivity contribution in [3.63, 3.8) is 0 Å². The van der Waals surface area contributed by atoms with E-state index in [2.05, 4.69) is 57.2 Å². The molecule has 0 N–H and O–H groups in total. The molecule has 0 aromatic carbocycles. The Hall–Kier alpha value is -2.37. The zero-order valence-corrected chi connectivity index (χ0v) is 44.9. The van der Waals surface area contributed by atoms with Crippen LogP contribution in [0.5, 0.6) is 0 Å². The molecule has 0 amide bonds. The fourth-order valence-corrected chi connectivity index (χ4v) is 8.65. The molecule has 0 aromatic rings. The van der Waals surface area contributed by atoms with E-state index in [1.165, 1.54) is 205 Å². The summed E-state index contributed by atoms with van der Waals surface area (Å²) >= 11 is 0. The van der Waals surface area contributed by atoms with Gasteiger partial charge in [-0.3, -0.25) is 14.4 Å². The van der Waals surface area contributed by atoms with Crippen LogP contribution in [0.3, 0.4) is 0 Å². The van der Waals surface area contributed by atoms with E-state index in [-0.39, 0.29) is 31.1 Å². The fraction of sp³-hybridized carbons (Fsp3) is 0.852. The van der Waals surface area contributed by atoms with Crippen LogP contribution in [0, 0.1) is 0 Å². The van der Waals surface area contributed by atoms with Crippen LogP contribution in [0.4, 0.5) is 0 Å². The third-order valence-electron chi connectivity index (χ3n) is 13.1. The van der Waals surface area contributed by atoms with Crippen LogP contribution < -0.4 is 0 Å². The lowest BCUT2D eigenvalue weighted by Crippen LogP contribution is -2.30. The first-order valence-corrected chi connectivity index (χ1v) is 29.5. The molecule has 0 unspecified atom stereocenters. The van der Waals surface area contributed by atoms with Gasteiger partial charge in [0, 0.05) is 19.3 Å². The Morgan fingerprint density at radius 1 is 0.299 bits per heavy atom. The minimum absolute atomic E-state index is 0.0734. The van der Waals surface area contributed by atoms with Crippen molar-refractivity contribution in [1.82, 2.24) is 0 Å². The Bertz CT molecular complexity index is 1130. The molecule has 0 rings (SSSR count). The van der Waals surface area contributed by atoms with E-state index in [1.807, 2.05) is 0 Å². The molecule has 0 radical (unpaired) electrons. The number of esters is 3. The SMILES string of the molecule is CCCCC/C=C\C/C=C\CCCCCCCCCCCC(=O)OC[C@@H](COC(=O)CCCCCCC/C=C\CCCCCC)OC(=O)CCCCCCCCCCCCCCCCCCC. The molecule has 0 aliphatic rings. The Balaban J connectivity index is 4.33. The normalized spacial score (nSPS) is 12.2. The average molecular weight is 942 g/mol. The van der Waals surface area contributed by atoms with E-state index in [4.69, 9.17) is 14.2 Å². The predicted octanol–water partition coefficient (Wildman–Crippen LogP) is 19.7. The second-order valence-electron chi connectivity index (χ2n) is 19.9. The zero-order chi connectivity index (χ0) is 48.6. The number of unbranched alkanes of at least 4 members (excludes halogenated alkanes) is 37. The minimum atomic E-state index is -0.774. The van der Waals surface area contributed by atoms with Crippen LogP contribution in [0.2, 0.25) is 0 Å². The molecule has 0 aliphatic heterocycles. The van der Waals surface area contributed by atoms with Crippen LogP contribution in [-0.2, 0) is 28.6 Å². The molecule has 6 nitrogen and oxygen atoms in total. The van der Waals surface area contributed by atoms with Gasteiger partial charge in [0.25, 0.3) is 0 Å². The van der Waals surface area contributed by atoms with Gasteiger partial charge in [0.1, 0.15) is 13.2 Å². The van der Waals surface area contributed by atoms with E-state index >= 15 is 0 Å². The van der Waals surface area contributed by atoms with Gasteiger partial charge in [0.2, 0.25) is 0 Å². The van der Waals surface area contributed by atoms with Crippen LogP contribution in [0.1, 0.15) is 316 Å². The lowest BCUT2D eigenvalue weighted by atomic mass is 10.0. The van der Waals surface area contributed by atoms with Gasteiger partial charge in [-0.2, -0.15) is 0 Å². The third-order valence-corrected chi connectivity index (χ3v) is 13.1. The van der Waals surface area contributed by atoms with Crippen LogP contribution in [-0.4, -0.2) is 37.2 Å². The lowest BCUT2D eigenvalue weighted by Gasteiger charge is -2.18. The van der Waals surface area contributed by atoms with Gasteiger partial charge in [0.05, 0.1) is 0 Å². The maximum atomic E-state index is 12.9. The van der Waals surface area contributed by atoms with Crippen molar-refractivity contribution in [3.8, 4) is 0 Å². The largest absolute Gasteiger partial charge is 0.462 e. The van der Waals surface area contributed by atoms with Crippen molar-refractivity contribution in [2.45, 2.75) is 322 Å². The highest BCUT2D eigenvalue weighted by molar-refractivity contribution is 5.71. The Morgan fingerprint density at radius 3 is 0.881 bits per heavy atom. The molecular formula is C61H112O6. The van der Waals surface area contributed by atoms with Crippen molar-refractivity contribution >= 4 is 17.9 Å². The molecule has 6 heteroatoms. The smallest absolute Gasteiger partial charge is 0.306 e. The highest BCUT2D eigenvalue weighted by Crippen LogP contribution is 2.17. The number of rotatable bonds is 54. The number of carbonyl (C=O) groups is 3. The Labute approximate surface area is 416 Å². The van der Waals surface area contributed by atoms with Crippen LogP contribution in [0.25, 0.3) is 0 Å². The molecule has 0 saturated carbocycles. The summed E-state index contributed by atoms with van der Waals surface area (Å²) in [5.74, 6) is -0.867. The number of allylic oxidation sites excluding steroid dienone is 6. The predicted molar refractivity (Wildman–Crippen MR) is 289 cm³/mol. The van der Waals surface area contributed by atoms with Gasteiger partial charge in [-0.15, -0.1) is 0 Å². The number of hydrogen-bond acceptors (Lipinski definition) is 6. The standard InChI is InChI=1S/C61H112O6/c1-4-7-10-13-16-19-22-25-27-29-30-32-33-36-39-42-45-48-51-54-60(63)66-57-58(56-65-59(62)53-50-47-44-41-38-35-24-21-18-15-12-9-6-3)67-61(64)55-52-49-46-43-40-37-34-31-28-26-23-20-17-14-11-8-5-2/h16,19,21,24-25,27,58H,4-15,17-18,20,22-23,26,28-57H2,1-3H3/b19-16-,24-21-,27-25-/t58-/m1/s1. The summed E-state index contributed by atoms with van der Waals surface area (Å²) in [6.07, 6.45) is 67.0. The molecule has 0 fully saturated rings. The molecule has 0 aromatic heterocycles. The van der Waals surface area contributed by atoms with E-state index in [0.717, 1.165) is 70.6 Å². The molecule has 392 valence electrons. The topological polar surface area (TPSA) is 78.9 Å². The maximum Gasteiger partial charge on any atom is 0.306 e. The maximum absolute atomic E-state index is 12.9. The first-order chi connectivity index (χ1) is 33.0. The van der Waals surface area contributed by atoms with Gasteiger partial charge in [0.15, 0.2) is 6.10 Å².